The maximum Gasteiger partial charge on any atom is 0.125 e. The summed E-state index contributed by atoms with van der Waals surface area (Å²) in [6.45, 7) is 8.16. The van der Waals surface area contributed by atoms with E-state index in [1.807, 2.05) is 6.07 Å². The molecule has 20 heavy (non-hydrogen) atoms. The van der Waals surface area contributed by atoms with Crippen LogP contribution in [0.3, 0.4) is 0 Å². The molecule has 0 atom stereocenters. The van der Waals surface area contributed by atoms with E-state index in [9.17, 15) is 4.39 Å². The van der Waals surface area contributed by atoms with Crippen LogP contribution in [0.25, 0.3) is 5.69 Å². The molecule has 1 aromatic heterocycles. The van der Waals surface area contributed by atoms with Crippen LogP contribution in [-0.4, -0.2) is 16.1 Å². The molecule has 0 unspecified atom stereocenters. The SMILES string of the molecule is CC(C)(C)c1nc2c(n1-c1cccc(F)c1)CCNC2. The molecule has 0 aliphatic carbocycles. The Morgan fingerprint density at radius 2 is 2.10 bits per heavy atom. The number of aromatic nitrogens is 2. The summed E-state index contributed by atoms with van der Waals surface area (Å²) < 4.78 is 15.7. The van der Waals surface area contributed by atoms with Crippen molar-refractivity contribution in [2.75, 3.05) is 6.54 Å². The fourth-order valence-electron chi connectivity index (χ4n) is 2.71. The van der Waals surface area contributed by atoms with Crippen molar-refractivity contribution in [2.24, 2.45) is 0 Å². The molecule has 1 aliphatic rings. The Balaban J connectivity index is 2.24. The second-order valence-electron chi connectivity index (χ2n) is 6.32. The summed E-state index contributed by atoms with van der Waals surface area (Å²) >= 11 is 0. The average Bonchev–Trinajstić information content (AvgIpc) is 2.78. The van der Waals surface area contributed by atoms with Crippen molar-refractivity contribution in [3.63, 3.8) is 0 Å². The van der Waals surface area contributed by atoms with E-state index < -0.39 is 0 Å². The lowest BCUT2D eigenvalue weighted by Crippen LogP contribution is -2.25. The topological polar surface area (TPSA) is 29.9 Å². The Morgan fingerprint density at radius 1 is 1.30 bits per heavy atom. The molecule has 2 heterocycles. The largest absolute Gasteiger partial charge is 0.311 e. The molecule has 1 aromatic carbocycles. The summed E-state index contributed by atoms with van der Waals surface area (Å²) in [5.74, 6) is 0.788. The summed E-state index contributed by atoms with van der Waals surface area (Å²) in [6.07, 6.45) is 0.926. The van der Waals surface area contributed by atoms with Crippen molar-refractivity contribution in [3.05, 3.63) is 47.3 Å². The van der Waals surface area contributed by atoms with Crippen LogP contribution < -0.4 is 5.32 Å². The van der Waals surface area contributed by atoms with E-state index in [4.69, 9.17) is 4.98 Å². The van der Waals surface area contributed by atoms with Gasteiger partial charge < -0.3 is 5.32 Å². The molecule has 2 aromatic rings. The number of benzene rings is 1. The summed E-state index contributed by atoms with van der Waals surface area (Å²) in [6, 6.07) is 6.76. The van der Waals surface area contributed by atoms with Gasteiger partial charge in [-0.2, -0.15) is 0 Å². The van der Waals surface area contributed by atoms with Crippen molar-refractivity contribution in [2.45, 2.75) is 39.2 Å². The van der Waals surface area contributed by atoms with E-state index in [1.54, 1.807) is 12.1 Å². The molecule has 0 radical (unpaired) electrons. The van der Waals surface area contributed by atoms with E-state index in [0.717, 1.165) is 36.7 Å². The van der Waals surface area contributed by atoms with Gasteiger partial charge in [-0.1, -0.05) is 26.8 Å². The maximum atomic E-state index is 13.6. The minimum atomic E-state index is -0.209. The zero-order chi connectivity index (χ0) is 14.3. The van der Waals surface area contributed by atoms with Gasteiger partial charge in [0.25, 0.3) is 0 Å². The number of hydrogen-bond acceptors (Lipinski definition) is 2. The first kappa shape index (κ1) is 13.3. The normalized spacial score (nSPS) is 15.2. The Bertz CT molecular complexity index is 638. The zero-order valence-electron chi connectivity index (χ0n) is 12.2. The highest BCUT2D eigenvalue weighted by Gasteiger charge is 2.27. The van der Waals surface area contributed by atoms with Crippen molar-refractivity contribution in [3.8, 4) is 5.69 Å². The molecule has 0 saturated carbocycles. The van der Waals surface area contributed by atoms with Gasteiger partial charge in [-0.25, -0.2) is 9.37 Å². The molecule has 1 N–H and O–H groups in total. The van der Waals surface area contributed by atoms with E-state index >= 15 is 0 Å². The predicted molar refractivity (Wildman–Crippen MR) is 77.6 cm³/mol. The molecule has 0 saturated heterocycles. The molecule has 0 spiro atoms. The molecule has 3 nitrogen and oxygen atoms in total. The third-order valence-electron chi connectivity index (χ3n) is 3.62. The van der Waals surface area contributed by atoms with Crippen molar-refractivity contribution >= 4 is 0 Å². The minimum absolute atomic E-state index is 0.0797. The van der Waals surface area contributed by atoms with E-state index in [1.165, 1.54) is 11.8 Å². The van der Waals surface area contributed by atoms with Crippen LogP contribution >= 0.6 is 0 Å². The van der Waals surface area contributed by atoms with Gasteiger partial charge >= 0.3 is 0 Å². The predicted octanol–water partition coefficient (Wildman–Crippen LogP) is 2.95. The molecule has 0 bridgehead atoms. The van der Waals surface area contributed by atoms with E-state index in [2.05, 4.69) is 30.7 Å². The highest BCUT2D eigenvalue weighted by atomic mass is 19.1. The highest BCUT2D eigenvalue weighted by molar-refractivity contribution is 5.40. The average molecular weight is 273 g/mol. The minimum Gasteiger partial charge on any atom is -0.311 e. The second-order valence-corrected chi connectivity index (χ2v) is 6.32. The first-order chi connectivity index (χ1) is 9.47. The smallest absolute Gasteiger partial charge is 0.125 e. The summed E-state index contributed by atoms with van der Waals surface area (Å²) in [4.78, 5) is 4.81. The van der Waals surface area contributed by atoms with E-state index in [0.29, 0.717) is 0 Å². The summed E-state index contributed by atoms with van der Waals surface area (Å²) in [5, 5.41) is 3.35. The third-order valence-corrected chi connectivity index (χ3v) is 3.62. The molecule has 0 fully saturated rings. The lowest BCUT2D eigenvalue weighted by molar-refractivity contribution is 0.532. The van der Waals surface area contributed by atoms with Gasteiger partial charge in [0.1, 0.15) is 11.6 Å². The van der Waals surface area contributed by atoms with Crippen LogP contribution in [0, 0.1) is 5.82 Å². The van der Waals surface area contributed by atoms with Crippen molar-refractivity contribution in [1.82, 2.24) is 14.9 Å². The Labute approximate surface area is 118 Å². The first-order valence-corrected chi connectivity index (χ1v) is 7.04. The standard InChI is InChI=1S/C16H20FN3/c1-16(2,3)15-19-13-10-18-8-7-14(13)20(15)12-6-4-5-11(17)9-12/h4-6,9,18H,7-8,10H2,1-3H3. The Hall–Kier alpha value is -1.68. The van der Waals surface area contributed by atoms with E-state index in [-0.39, 0.29) is 11.2 Å². The second kappa shape index (κ2) is 4.70. The summed E-state index contributed by atoms with van der Waals surface area (Å²) in [5.41, 5.74) is 3.08. The third kappa shape index (κ3) is 2.24. The number of fused-ring (bicyclic) bond motifs is 1. The van der Waals surface area contributed by atoms with Gasteiger partial charge in [0.05, 0.1) is 5.69 Å². The summed E-state index contributed by atoms with van der Waals surface area (Å²) in [7, 11) is 0. The molecule has 3 rings (SSSR count). The molecule has 0 amide bonds. The van der Waals surface area contributed by atoms with Crippen LogP contribution in [-0.2, 0) is 18.4 Å². The van der Waals surface area contributed by atoms with Gasteiger partial charge in [0.2, 0.25) is 0 Å². The molecular formula is C16H20FN3. The number of hydrogen-bond donors (Lipinski definition) is 1. The maximum absolute atomic E-state index is 13.6. The highest BCUT2D eigenvalue weighted by Crippen LogP contribution is 2.29. The zero-order valence-corrected chi connectivity index (χ0v) is 12.2. The van der Waals surface area contributed by atoms with Gasteiger partial charge in [-0.05, 0) is 18.2 Å². The van der Waals surface area contributed by atoms with Crippen LogP contribution in [0.2, 0.25) is 0 Å². The molecule has 1 aliphatic heterocycles. The van der Waals surface area contributed by atoms with Crippen LogP contribution in [0.15, 0.2) is 24.3 Å². The fraction of sp³-hybridized carbons (Fsp3) is 0.438. The molecule has 106 valence electrons. The van der Waals surface area contributed by atoms with Crippen molar-refractivity contribution in [1.29, 1.82) is 0 Å². The molecule has 4 heteroatoms. The van der Waals surface area contributed by atoms with Gasteiger partial charge in [0, 0.05) is 36.3 Å². The lowest BCUT2D eigenvalue weighted by Gasteiger charge is -2.22. The Morgan fingerprint density at radius 3 is 2.80 bits per heavy atom. The van der Waals surface area contributed by atoms with Crippen molar-refractivity contribution < 1.29 is 4.39 Å². The monoisotopic (exact) mass is 273 g/mol. The fourth-order valence-corrected chi connectivity index (χ4v) is 2.71. The number of nitrogens with zero attached hydrogens (tertiary/aromatic N) is 2. The number of halogens is 1. The lowest BCUT2D eigenvalue weighted by atomic mass is 9.95. The number of imidazole rings is 1. The van der Waals surface area contributed by atoms with Crippen LogP contribution in [0.4, 0.5) is 4.39 Å². The Kier molecular flexibility index (Phi) is 3.13. The first-order valence-electron chi connectivity index (χ1n) is 7.04. The van der Waals surface area contributed by atoms with Gasteiger partial charge in [0.15, 0.2) is 0 Å². The number of nitrogens with one attached hydrogen (secondary N) is 1. The van der Waals surface area contributed by atoms with Crippen LogP contribution in [0.5, 0.6) is 0 Å². The van der Waals surface area contributed by atoms with Gasteiger partial charge in [-0.3, -0.25) is 4.57 Å². The van der Waals surface area contributed by atoms with Crippen LogP contribution in [0.1, 0.15) is 38.0 Å². The quantitative estimate of drug-likeness (QED) is 0.865. The molecular weight excluding hydrogens is 253 g/mol. The van der Waals surface area contributed by atoms with Gasteiger partial charge in [-0.15, -0.1) is 0 Å². The number of rotatable bonds is 1.